The van der Waals surface area contributed by atoms with Crippen LogP contribution in [0.2, 0.25) is 0 Å². The van der Waals surface area contributed by atoms with Crippen LogP contribution in [0.5, 0.6) is 0 Å². The zero-order valence-corrected chi connectivity index (χ0v) is 6.86. The Bertz CT molecular complexity index is 136. The first-order valence-corrected chi connectivity index (χ1v) is 4.58. The Morgan fingerprint density at radius 1 is 1.80 bits per heavy atom. The number of hydrogen-bond acceptors (Lipinski definition) is 2. The van der Waals surface area contributed by atoms with Gasteiger partial charge in [0.25, 0.3) is 0 Å². The minimum absolute atomic E-state index is 0.355. The monoisotopic (exact) mass is 160 g/mol. The van der Waals surface area contributed by atoms with Gasteiger partial charge in [0.15, 0.2) is 0 Å². The first kappa shape index (κ1) is 7.92. The molecule has 1 aliphatic rings. The van der Waals surface area contributed by atoms with E-state index in [9.17, 15) is 4.79 Å². The molecule has 1 rings (SSSR count). The molecule has 0 radical (unpaired) electrons. The second-order valence-electron chi connectivity index (χ2n) is 2.72. The number of thioether (sulfide) groups is 1. The van der Waals surface area contributed by atoms with Crippen molar-refractivity contribution >= 4 is 17.7 Å². The second kappa shape index (κ2) is 3.28. The van der Waals surface area contributed by atoms with Gasteiger partial charge in [-0.2, -0.15) is 11.8 Å². The summed E-state index contributed by atoms with van der Waals surface area (Å²) in [7, 11) is 0. The Balaban J connectivity index is 2.33. The van der Waals surface area contributed by atoms with Gasteiger partial charge in [-0.3, -0.25) is 4.79 Å². The summed E-state index contributed by atoms with van der Waals surface area (Å²) in [4.78, 5) is 10.3. The lowest BCUT2D eigenvalue weighted by molar-refractivity contribution is -0.138. The molecule has 2 unspecified atom stereocenters. The summed E-state index contributed by atoms with van der Waals surface area (Å²) in [6, 6.07) is 0. The lowest BCUT2D eigenvalue weighted by Gasteiger charge is -2.09. The molecule has 0 spiro atoms. The minimum Gasteiger partial charge on any atom is -0.481 e. The van der Waals surface area contributed by atoms with Crippen LogP contribution in [0.4, 0.5) is 0 Å². The maximum Gasteiger partial charge on any atom is 0.303 e. The van der Waals surface area contributed by atoms with Crippen molar-refractivity contribution in [3.63, 3.8) is 0 Å². The third-order valence-electron chi connectivity index (χ3n) is 1.97. The molecule has 0 amide bonds. The van der Waals surface area contributed by atoms with E-state index in [0.29, 0.717) is 17.6 Å². The molecular weight excluding hydrogens is 148 g/mol. The zero-order chi connectivity index (χ0) is 7.56. The molecule has 2 nitrogen and oxygen atoms in total. The molecule has 3 heteroatoms. The van der Waals surface area contributed by atoms with Gasteiger partial charge < -0.3 is 5.11 Å². The molecule has 0 aliphatic carbocycles. The fourth-order valence-electron chi connectivity index (χ4n) is 1.27. The van der Waals surface area contributed by atoms with E-state index in [1.165, 1.54) is 0 Å². The van der Waals surface area contributed by atoms with Crippen LogP contribution in [-0.4, -0.2) is 22.1 Å². The maximum absolute atomic E-state index is 10.3. The number of hydrogen-bond donors (Lipinski definition) is 1. The largest absolute Gasteiger partial charge is 0.481 e. The molecule has 1 aliphatic heterocycles. The minimum atomic E-state index is -0.653. The third-order valence-corrected chi connectivity index (χ3v) is 3.35. The quantitative estimate of drug-likeness (QED) is 0.666. The molecule has 10 heavy (non-hydrogen) atoms. The van der Waals surface area contributed by atoms with Crippen LogP contribution in [0.15, 0.2) is 0 Å². The van der Waals surface area contributed by atoms with Crippen molar-refractivity contribution in [2.24, 2.45) is 5.92 Å². The van der Waals surface area contributed by atoms with Gasteiger partial charge in [0.1, 0.15) is 0 Å². The Morgan fingerprint density at radius 3 is 2.90 bits per heavy atom. The number of aliphatic carboxylic acids is 1. The van der Waals surface area contributed by atoms with Crippen molar-refractivity contribution in [3.05, 3.63) is 0 Å². The third kappa shape index (κ3) is 1.90. The van der Waals surface area contributed by atoms with Crippen LogP contribution >= 0.6 is 11.8 Å². The van der Waals surface area contributed by atoms with E-state index >= 15 is 0 Å². The number of carbonyl (C=O) groups is 1. The molecule has 1 fully saturated rings. The normalized spacial score (nSPS) is 32.5. The smallest absolute Gasteiger partial charge is 0.303 e. The van der Waals surface area contributed by atoms with Crippen molar-refractivity contribution in [2.45, 2.75) is 25.0 Å². The summed E-state index contributed by atoms with van der Waals surface area (Å²) in [5.41, 5.74) is 0. The zero-order valence-electron chi connectivity index (χ0n) is 6.04. The molecule has 0 aromatic carbocycles. The van der Waals surface area contributed by atoms with E-state index in [2.05, 4.69) is 6.92 Å². The van der Waals surface area contributed by atoms with Crippen molar-refractivity contribution in [1.29, 1.82) is 0 Å². The van der Waals surface area contributed by atoms with E-state index in [1.807, 2.05) is 11.8 Å². The molecule has 0 bridgehead atoms. The molecule has 2 atom stereocenters. The Labute approximate surface area is 65.0 Å². The summed E-state index contributed by atoms with van der Waals surface area (Å²) in [5, 5.41) is 9.03. The van der Waals surface area contributed by atoms with Gasteiger partial charge in [-0.15, -0.1) is 0 Å². The van der Waals surface area contributed by atoms with Crippen molar-refractivity contribution in [2.75, 3.05) is 5.75 Å². The van der Waals surface area contributed by atoms with Crippen molar-refractivity contribution < 1.29 is 9.90 Å². The van der Waals surface area contributed by atoms with Crippen LogP contribution in [0, 0.1) is 5.92 Å². The molecule has 58 valence electrons. The molecule has 1 heterocycles. The van der Waals surface area contributed by atoms with Crippen LogP contribution in [0.3, 0.4) is 0 Å². The van der Waals surface area contributed by atoms with Gasteiger partial charge in [0.05, 0.1) is 0 Å². The van der Waals surface area contributed by atoms with Gasteiger partial charge in [-0.25, -0.2) is 0 Å². The number of carboxylic acid groups (broad SMARTS) is 1. The summed E-state index contributed by atoms with van der Waals surface area (Å²) < 4.78 is 0. The summed E-state index contributed by atoms with van der Waals surface area (Å²) in [6.45, 7) is 2.12. The number of carboxylic acids is 1. The Kier molecular flexibility index (Phi) is 2.60. The van der Waals surface area contributed by atoms with Crippen LogP contribution in [0.25, 0.3) is 0 Å². The summed E-state index contributed by atoms with van der Waals surface area (Å²) in [6.07, 6.45) is 1.44. The van der Waals surface area contributed by atoms with E-state index in [1.54, 1.807) is 0 Å². The highest BCUT2D eigenvalue weighted by atomic mass is 32.2. The van der Waals surface area contributed by atoms with Crippen LogP contribution in [0.1, 0.15) is 19.8 Å². The van der Waals surface area contributed by atoms with Crippen LogP contribution < -0.4 is 0 Å². The van der Waals surface area contributed by atoms with Gasteiger partial charge in [-0.1, -0.05) is 6.92 Å². The highest BCUT2D eigenvalue weighted by molar-refractivity contribution is 8.00. The van der Waals surface area contributed by atoms with Gasteiger partial charge in [-0.05, 0) is 18.1 Å². The van der Waals surface area contributed by atoms with Crippen LogP contribution in [-0.2, 0) is 4.79 Å². The van der Waals surface area contributed by atoms with E-state index in [4.69, 9.17) is 5.11 Å². The topological polar surface area (TPSA) is 37.3 Å². The molecule has 0 aromatic heterocycles. The summed E-state index contributed by atoms with van der Waals surface area (Å²) in [5.74, 6) is 0.904. The standard InChI is InChI=1S/C7H12O2S/c1-5-6(2-3-10-5)4-7(8)9/h5-6H,2-4H2,1H3,(H,8,9). The fourth-order valence-corrected chi connectivity index (χ4v) is 2.58. The lowest BCUT2D eigenvalue weighted by Crippen LogP contribution is -2.12. The first-order chi connectivity index (χ1) is 4.70. The summed E-state index contributed by atoms with van der Waals surface area (Å²) >= 11 is 1.88. The molecule has 1 saturated heterocycles. The van der Waals surface area contributed by atoms with E-state index in [0.717, 1.165) is 12.2 Å². The van der Waals surface area contributed by atoms with Crippen molar-refractivity contribution in [3.8, 4) is 0 Å². The molecule has 0 saturated carbocycles. The maximum atomic E-state index is 10.3. The predicted molar refractivity (Wildman–Crippen MR) is 42.3 cm³/mol. The molecule has 1 N–H and O–H groups in total. The van der Waals surface area contributed by atoms with Gasteiger partial charge >= 0.3 is 5.97 Å². The van der Waals surface area contributed by atoms with E-state index in [-0.39, 0.29) is 0 Å². The average molecular weight is 160 g/mol. The first-order valence-electron chi connectivity index (χ1n) is 3.53. The van der Waals surface area contributed by atoms with E-state index < -0.39 is 5.97 Å². The Hall–Kier alpha value is -0.180. The molecular formula is C7H12O2S. The Morgan fingerprint density at radius 2 is 2.50 bits per heavy atom. The highest BCUT2D eigenvalue weighted by Crippen LogP contribution is 2.33. The predicted octanol–water partition coefficient (Wildman–Crippen LogP) is 1.60. The SMILES string of the molecule is CC1SCCC1CC(=O)O. The van der Waals surface area contributed by atoms with Gasteiger partial charge in [0.2, 0.25) is 0 Å². The fraction of sp³-hybridized carbons (Fsp3) is 0.857. The van der Waals surface area contributed by atoms with Crippen molar-refractivity contribution in [1.82, 2.24) is 0 Å². The lowest BCUT2D eigenvalue weighted by atomic mass is 10.00. The number of rotatable bonds is 2. The second-order valence-corrected chi connectivity index (χ2v) is 4.21. The highest BCUT2D eigenvalue weighted by Gasteiger charge is 2.25. The van der Waals surface area contributed by atoms with Gasteiger partial charge in [0, 0.05) is 11.7 Å². The average Bonchev–Trinajstić information content (AvgIpc) is 2.15. The molecule has 0 aromatic rings.